The van der Waals surface area contributed by atoms with Crippen molar-refractivity contribution in [3.8, 4) is 22.3 Å². The molecule has 1 heteroatoms. The van der Waals surface area contributed by atoms with Crippen molar-refractivity contribution in [3.05, 3.63) is 139 Å². The first-order valence-electron chi connectivity index (χ1n) is 11.9. The van der Waals surface area contributed by atoms with Gasteiger partial charge in [-0.05, 0) is 63.7 Å². The standard InChI is InChI=1S/C33H27N/c1-33(2)29-17-9-11-19-31(29)34(32-20-12-10-18-30(32)33)28-22-26(24-13-5-3-6-14-24)21-27(23-28)25-15-7-4-8-16-25/h3-23H,1-2H3. The number of hydrogen-bond donors (Lipinski definition) is 0. The molecule has 0 unspecified atom stereocenters. The van der Waals surface area contributed by atoms with Gasteiger partial charge in [-0.3, -0.25) is 0 Å². The summed E-state index contributed by atoms with van der Waals surface area (Å²) in [5, 5.41) is 0. The maximum atomic E-state index is 2.44. The van der Waals surface area contributed by atoms with E-state index in [4.69, 9.17) is 0 Å². The van der Waals surface area contributed by atoms with E-state index >= 15 is 0 Å². The summed E-state index contributed by atoms with van der Waals surface area (Å²) in [5.41, 5.74) is 11.2. The lowest BCUT2D eigenvalue weighted by atomic mass is 9.73. The van der Waals surface area contributed by atoms with E-state index in [1.807, 2.05) is 0 Å². The Morgan fingerprint density at radius 2 is 0.853 bits per heavy atom. The van der Waals surface area contributed by atoms with Crippen LogP contribution in [0.25, 0.3) is 22.3 Å². The smallest absolute Gasteiger partial charge is 0.0502 e. The molecule has 6 rings (SSSR count). The predicted molar refractivity (Wildman–Crippen MR) is 144 cm³/mol. The van der Waals surface area contributed by atoms with Crippen molar-refractivity contribution < 1.29 is 0 Å². The highest BCUT2D eigenvalue weighted by Gasteiger charge is 2.36. The molecule has 0 atom stereocenters. The van der Waals surface area contributed by atoms with Gasteiger partial charge in [0, 0.05) is 11.1 Å². The Morgan fingerprint density at radius 3 is 1.32 bits per heavy atom. The predicted octanol–water partition coefficient (Wildman–Crippen LogP) is 9.13. The first kappa shape index (κ1) is 20.5. The van der Waals surface area contributed by atoms with E-state index in [0.717, 1.165) is 0 Å². The zero-order chi connectivity index (χ0) is 23.1. The molecule has 5 aromatic rings. The highest BCUT2D eigenvalue weighted by atomic mass is 15.2. The van der Waals surface area contributed by atoms with E-state index in [-0.39, 0.29) is 5.41 Å². The van der Waals surface area contributed by atoms with E-state index in [1.165, 1.54) is 50.4 Å². The molecule has 0 fully saturated rings. The van der Waals surface area contributed by atoms with Gasteiger partial charge in [0.15, 0.2) is 0 Å². The van der Waals surface area contributed by atoms with E-state index in [9.17, 15) is 0 Å². The van der Waals surface area contributed by atoms with E-state index in [1.54, 1.807) is 0 Å². The molecule has 1 aliphatic heterocycles. The molecular formula is C33H27N. The zero-order valence-electron chi connectivity index (χ0n) is 19.6. The summed E-state index contributed by atoms with van der Waals surface area (Å²) in [4.78, 5) is 2.44. The summed E-state index contributed by atoms with van der Waals surface area (Å²) >= 11 is 0. The van der Waals surface area contributed by atoms with Crippen LogP contribution in [-0.4, -0.2) is 0 Å². The monoisotopic (exact) mass is 437 g/mol. The Labute approximate surface area is 202 Å². The lowest BCUT2D eigenvalue weighted by molar-refractivity contribution is 0.632. The Kier molecular flexibility index (Phi) is 4.85. The Bertz CT molecular complexity index is 1360. The highest BCUT2D eigenvalue weighted by molar-refractivity contribution is 5.89. The molecule has 0 N–H and O–H groups in total. The van der Waals surface area contributed by atoms with E-state index in [2.05, 4.69) is 146 Å². The van der Waals surface area contributed by atoms with Crippen LogP contribution in [0.2, 0.25) is 0 Å². The molecule has 0 saturated carbocycles. The maximum absolute atomic E-state index is 2.44. The number of anilines is 3. The zero-order valence-corrected chi connectivity index (χ0v) is 19.6. The molecule has 164 valence electrons. The molecule has 0 amide bonds. The largest absolute Gasteiger partial charge is 0.310 e. The molecule has 0 saturated heterocycles. The van der Waals surface area contributed by atoms with Gasteiger partial charge in [0.1, 0.15) is 0 Å². The number of rotatable bonds is 3. The average molecular weight is 438 g/mol. The maximum Gasteiger partial charge on any atom is 0.0502 e. The summed E-state index contributed by atoms with van der Waals surface area (Å²) < 4.78 is 0. The van der Waals surface area contributed by atoms with Gasteiger partial charge in [0.05, 0.1) is 11.4 Å². The van der Waals surface area contributed by atoms with Gasteiger partial charge in [0.2, 0.25) is 0 Å². The normalized spacial score (nSPS) is 13.8. The van der Waals surface area contributed by atoms with Crippen LogP contribution in [0.4, 0.5) is 17.1 Å². The van der Waals surface area contributed by atoms with Gasteiger partial charge in [-0.1, -0.05) is 111 Å². The molecule has 1 aliphatic rings. The second kappa shape index (κ2) is 8.04. The third-order valence-electron chi connectivity index (χ3n) is 7.03. The van der Waals surface area contributed by atoms with Crippen LogP contribution in [0.1, 0.15) is 25.0 Å². The minimum Gasteiger partial charge on any atom is -0.310 e. The van der Waals surface area contributed by atoms with Crippen LogP contribution in [-0.2, 0) is 5.41 Å². The van der Waals surface area contributed by atoms with Crippen LogP contribution in [0, 0.1) is 0 Å². The van der Waals surface area contributed by atoms with Crippen LogP contribution >= 0.6 is 0 Å². The van der Waals surface area contributed by atoms with Gasteiger partial charge in [-0.25, -0.2) is 0 Å². The Hall–Kier alpha value is -4.10. The lowest BCUT2D eigenvalue weighted by Gasteiger charge is -2.42. The van der Waals surface area contributed by atoms with Crippen molar-refractivity contribution in [2.24, 2.45) is 0 Å². The number of benzene rings is 5. The van der Waals surface area contributed by atoms with Crippen molar-refractivity contribution in [2.75, 3.05) is 4.90 Å². The van der Waals surface area contributed by atoms with E-state index in [0.29, 0.717) is 0 Å². The van der Waals surface area contributed by atoms with Crippen molar-refractivity contribution in [3.63, 3.8) is 0 Å². The Balaban J connectivity index is 1.64. The summed E-state index contributed by atoms with van der Waals surface area (Å²) in [6, 6.07) is 46.0. The van der Waals surface area contributed by atoms with Gasteiger partial charge in [-0.2, -0.15) is 0 Å². The van der Waals surface area contributed by atoms with Crippen LogP contribution in [0.3, 0.4) is 0 Å². The second-order valence-electron chi connectivity index (χ2n) is 9.50. The molecule has 0 aromatic heterocycles. The SMILES string of the molecule is CC1(C)c2ccccc2N(c2cc(-c3ccccc3)cc(-c3ccccc3)c2)c2ccccc21. The Morgan fingerprint density at radius 1 is 0.441 bits per heavy atom. The molecule has 0 radical (unpaired) electrons. The van der Waals surface area contributed by atoms with Crippen LogP contribution in [0.5, 0.6) is 0 Å². The number of nitrogens with zero attached hydrogens (tertiary/aromatic N) is 1. The quantitative estimate of drug-likeness (QED) is 0.272. The van der Waals surface area contributed by atoms with Crippen molar-refractivity contribution >= 4 is 17.1 Å². The van der Waals surface area contributed by atoms with Gasteiger partial charge < -0.3 is 4.90 Å². The second-order valence-corrected chi connectivity index (χ2v) is 9.50. The third-order valence-corrected chi connectivity index (χ3v) is 7.03. The number of para-hydroxylation sites is 2. The number of hydrogen-bond acceptors (Lipinski definition) is 1. The molecule has 5 aromatic carbocycles. The van der Waals surface area contributed by atoms with Crippen LogP contribution < -0.4 is 4.90 Å². The van der Waals surface area contributed by atoms with Gasteiger partial charge >= 0.3 is 0 Å². The first-order valence-corrected chi connectivity index (χ1v) is 11.9. The van der Waals surface area contributed by atoms with Gasteiger partial charge in [0.25, 0.3) is 0 Å². The van der Waals surface area contributed by atoms with E-state index < -0.39 is 0 Å². The molecule has 0 aliphatic carbocycles. The lowest BCUT2D eigenvalue weighted by Crippen LogP contribution is -2.30. The first-order chi connectivity index (χ1) is 16.6. The molecule has 1 nitrogen and oxygen atoms in total. The summed E-state index contributed by atoms with van der Waals surface area (Å²) in [7, 11) is 0. The number of fused-ring (bicyclic) bond motifs is 2. The third kappa shape index (κ3) is 3.33. The summed E-state index contributed by atoms with van der Waals surface area (Å²) in [6.07, 6.45) is 0. The fraction of sp³-hybridized carbons (Fsp3) is 0.0909. The molecular weight excluding hydrogens is 410 g/mol. The fourth-order valence-corrected chi connectivity index (χ4v) is 5.28. The highest BCUT2D eigenvalue weighted by Crippen LogP contribution is 2.52. The topological polar surface area (TPSA) is 3.24 Å². The summed E-state index contributed by atoms with van der Waals surface area (Å²) in [5.74, 6) is 0. The van der Waals surface area contributed by atoms with Crippen LogP contribution in [0.15, 0.2) is 127 Å². The minimum atomic E-state index is -0.0665. The average Bonchev–Trinajstić information content (AvgIpc) is 2.90. The molecule has 0 bridgehead atoms. The van der Waals surface area contributed by atoms with Gasteiger partial charge in [-0.15, -0.1) is 0 Å². The molecule has 34 heavy (non-hydrogen) atoms. The molecule has 0 spiro atoms. The molecule has 1 heterocycles. The van der Waals surface area contributed by atoms with Crippen molar-refractivity contribution in [1.82, 2.24) is 0 Å². The summed E-state index contributed by atoms with van der Waals surface area (Å²) in [6.45, 7) is 4.66. The van der Waals surface area contributed by atoms with Crippen molar-refractivity contribution in [2.45, 2.75) is 19.3 Å². The van der Waals surface area contributed by atoms with Crippen molar-refractivity contribution in [1.29, 1.82) is 0 Å². The fourth-order valence-electron chi connectivity index (χ4n) is 5.28. The minimum absolute atomic E-state index is 0.0665.